The number of hydrogen-bond donors (Lipinski definition) is 10. The lowest BCUT2D eigenvalue weighted by Gasteiger charge is -2.42. The monoisotopic (exact) mass is 644 g/mol. The molecule has 5 rings (SSSR count). The van der Waals surface area contributed by atoms with Crippen molar-refractivity contribution >= 4 is 11.0 Å². The summed E-state index contributed by atoms with van der Waals surface area (Å²) in [6, 6.07) is 5.24. The minimum atomic E-state index is -1.97. The maximum atomic E-state index is 13.6. The van der Waals surface area contributed by atoms with E-state index in [1.807, 2.05) is 0 Å². The molecule has 12 N–H and O–H groups in total. The third-order valence-electron chi connectivity index (χ3n) is 7.29. The summed E-state index contributed by atoms with van der Waals surface area (Å²) in [5, 5.41) is 101. The van der Waals surface area contributed by atoms with Gasteiger partial charge in [-0.25, -0.2) is 0 Å². The molecule has 2 saturated heterocycles. The minimum absolute atomic E-state index is 0. The highest BCUT2D eigenvalue weighted by Gasteiger charge is 2.47. The van der Waals surface area contributed by atoms with Gasteiger partial charge in [0.15, 0.2) is 23.5 Å². The highest BCUT2D eigenvalue weighted by molar-refractivity contribution is 5.88. The summed E-state index contributed by atoms with van der Waals surface area (Å²) in [5.74, 6) is -3.33. The van der Waals surface area contributed by atoms with Gasteiger partial charge in [0.05, 0.1) is 12.7 Å². The van der Waals surface area contributed by atoms with Crippen LogP contribution in [0.1, 0.15) is 14.4 Å². The van der Waals surface area contributed by atoms with Gasteiger partial charge in [-0.2, -0.15) is 0 Å². The van der Waals surface area contributed by atoms with E-state index in [4.69, 9.17) is 23.4 Å². The second-order valence-corrected chi connectivity index (χ2v) is 10.3. The number of hydrogen-bond acceptors (Lipinski definition) is 16. The Balaban J connectivity index is 0.00000276. The topological polar surface area (TPSA) is 301 Å². The number of phenols is 4. The van der Waals surface area contributed by atoms with Crippen LogP contribution in [0.15, 0.2) is 39.5 Å². The molecule has 0 amide bonds. The molecule has 17 nitrogen and oxygen atoms in total. The molecule has 3 heterocycles. The molecule has 17 heteroatoms. The van der Waals surface area contributed by atoms with E-state index in [1.54, 1.807) is 0 Å². The third kappa shape index (κ3) is 6.63. The summed E-state index contributed by atoms with van der Waals surface area (Å²) in [6.45, 7) is 0.818. The molecule has 0 saturated carbocycles. The van der Waals surface area contributed by atoms with Crippen LogP contribution in [0, 0.1) is 0 Å². The van der Waals surface area contributed by atoms with E-state index in [-0.39, 0.29) is 24.0 Å². The van der Waals surface area contributed by atoms with Crippen LogP contribution in [-0.4, -0.2) is 125 Å². The molecule has 0 unspecified atom stereocenters. The first-order chi connectivity index (χ1) is 20.3. The first-order valence-electron chi connectivity index (χ1n) is 13.0. The molecular formula is C28H36O17. The number of aromatic hydroxyl groups is 4. The van der Waals surface area contributed by atoms with Gasteiger partial charge in [0.25, 0.3) is 0 Å². The molecule has 10 atom stereocenters. The van der Waals surface area contributed by atoms with E-state index in [9.17, 15) is 55.9 Å². The Bertz CT molecular complexity index is 1540. The zero-order valence-corrected chi connectivity index (χ0v) is 22.8. The summed E-state index contributed by atoms with van der Waals surface area (Å²) in [5.41, 5.74) is -1.35. The van der Waals surface area contributed by atoms with Crippen molar-refractivity contribution in [2.75, 3.05) is 6.61 Å². The molecule has 2 aliphatic rings. The average Bonchev–Trinajstić information content (AvgIpc) is 2.96. The van der Waals surface area contributed by atoms with Crippen LogP contribution in [0.3, 0.4) is 0 Å². The van der Waals surface area contributed by atoms with E-state index in [1.165, 1.54) is 13.0 Å². The molecule has 0 spiro atoms. The van der Waals surface area contributed by atoms with Gasteiger partial charge < -0.3 is 79.9 Å². The summed E-state index contributed by atoms with van der Waals surface area (Å²) in [4.78, 5) is 13.6. The average molecular weight is 645 g/mol. The van der Waals surface area contributed by atoms with Crippen LogP contribution in [-0.2, 0) is 14.2 Å². The first kappa shape index (κ1) is 35.7. The van der Waals surface area contributed by atoms with Gasteiger partial charge in [-0.1, -0.05) is 7.43 Å². The van der Waals surface area contributed by atoms with Crippen LogP contribution in [0.4, 0.5) is 0 Å². The van der Waals surface area contributed by atoms with Gasteiger partial charge in [0.2, 0.25) is 17.5 Å². The molecule has 2 aliphatic heterocycles. The van der Waals surface area contributed by atoms with Crippen molar-refractivity contribution in [2.24, 2.45) is 0 Å². The number of fused-ring (bicyclic) bond motifs is 1. The Hall–Kier alpha value is -3.75. The van der Waals surface area contributed by atoms with Crippen LogP contribution in [0.2, 0.25) is 0 Å². The van der Waals surface area contributed by atoms with Crippen LogP contribution >= 0.6 is 0 Å². The number of ether oxygens (including phenoxy) is 4. The maximum Gasteiger partial charge on any atom is 0.239 e. The van der Waals surface area contributed by atoms with Crippen LogP contribution < -0.4 is 10.2 Å². The van der Waals surface area contributed by atoms with Gasteiger partial charge >= 0.3 is 0 Å². The minimum Gasteiger partial charge on any atom is -0.508 e. The molecular weight excluding hydrogens is 608 g/mol. The van der Waals surface area contributed by atoms with Gasteiger partial charge in [-0.05, 0) is 25.1 Å². The summed E-state index contributed by atoms with van der Waals surface area (Å²) >= 11 is 0. The Labute approximate surface area is 254 Å². The number of aliphatic hydroxyl groups is 6. The summed E-state index contributed by atoms with van der Waals surface area (Å²) in [7, 11) is 0. The number of benzene rings is 2. The third-order valence-corrected chi connectivity index (χ3v) is 7.29. The second-order valence-electron chi connectivity index (χ2n) is 10.3. The molecule has 250 valence electrons. The van der Waals surface area contributed by atoms with Gasteiger partial charge in [0.1, 0.15) is 65.2 Å². The molecule has 0 radical (unpaired) electrons. The Morgan fingerprint density at radius 3 is 2.07 bits per heavy atom. The lowest BCUT2D eigenvalue weighted by Crippen LogP contribution is -2.61. The Morgan fingerprint density at radius 2 is 1.40 bits per heavy atom. The zero-order valence-electron chi connectivity index (χ0n) is 22.8. The predicted molar refractivity (Wildman–Crippen MR) is 151 cm³/mol. The Morgan fingerprint density at radius 1 is 0.756 bits per heavy atom. The van der Waals surface area contributed by atoms with Gasteiger partial charge in [0, 0.05) is 17.7 Å². The summed E-state index contributed by atoms with van der Waals surface area (Å²) in [6.07, 6.45) is -16.2. The van der Waals surface area contributed by atoms with Crippen molar-refractivity contribution in [1.29, 1.82) is 0 Å². The predicted octanol–water partition coefficient (Wildman–Crippen LogP) is -1.88. The number of phenolic OH excluding ortho intramolecular Hbond substituents is 4. The molecule has 0 aliphatic carbocycles. The van der Waals surface area contributed by atoms with E-state index in [0.29, 0.717) is 0 Å². The SMILES string of the molecule is C.C[C@@H]1O[C@@H](OC[C@H]2O[C@@H](Oc3c(-c4ccc(O)c(O)c4)oc4cc(O)cc(O)c4c3=O)[C@H](O)[C@@H](O)[C@@H]2O)[C@H](O)[C@H](O)[C@H]1O.O. The second kappa shape index (κ2) is 13.7. The fourth-order valence-corrected chi connectivity index (χ4v) is 4.84. The standard InChI is InChI=1S/C27H30O16.CH4.H2O/c1-8-17(32)20(35)22(37)26(40-8)39-7-15-18(33)21(36)23(38)27(42-15)43-25-19(34)16-13(31)5-10(28)6-14(16)41-24(25)9-2-3-11(29)12(30)4-9;;/h2-6,8,15,17-18,20-23,26-33,35-38H,7H2,1H3;1H4;1H2/t8-,15+,17-,18+,20+,21-,22+,23+,26+,27-;;/m0../s1. The Kier molecular flexibility index (Phi) is 10.9. The maximum absolute atomic E-state index is 13.6. The van der Waals surface area contributed by atoms with E-state index in [0.717, 1.165) is 24.3 Å². The quantitative estimate of drug-likeness (QED) is 0.131. The van der Waals surface area contributed by atoms with Crippen molar-refractivity contribution in [3.05, 3.63) is 40.6 Å². The van der Waals surface area contributed by atoms with E-state index < -0.39 is 113 Å². The van der Waals surface area contributed by atoms with Crippen molar-refractivity contribution < 1.29 is 79.9 Å². The highest BCUT2D eigenvalue weighted by atomic mass is 16.7. The summed E-state index contributed by atoms with van der Waals surface area (Å²) < 4.78 is 27.8. The fraction of sp³-hybridized carbons (Fsp3) is 0.464. The van der Waals surface area contributed by atoms with Crippen LogP contribution in [0.5, 0.6) is 28.7 Å². The normalized spacial score (nSPS) is 31.5. The van der Waals surface area contributed by atoms with Crippen molar-refractivity contribution in [1.82, 2.24) is 0 Å². The molecule has 3 aromatic rings. The van der Waals surface area contributed by atoms with Crippen LogP contribution in [0.25, 0.3) is 22.3 Å². The first-order valence-corrected chi connectivity index (χ1v) is 13.0. The van der Waals surface area contributed by atoms with Gasteiger partial charge in [-0.15, -0.1) is 0 Å². The lowest BCUT2D eigenvalue weighted by molar-refractivity contribution is -0.318. The van der Waals surface area contributed by atoms with Crippen molar-refractivity contribution in [2.45, 2.75) is 75.8 Å². The molecule has 1 aromatic heterocycles. The molecule has 45 heavy (non-hydrogen) atoms. The van der Waals surface area contributed by atoms with E-state index in [2.05, 4.69) is 0 Å². The molecule has 0 bridgehead atoms. The largest absolute Gasteiger partial charge is 0.508 e. The number of aliphatic hydroxyl groups excluding tert-OH is 6. The molecule has 2 fully saturated rings. The van der Waals surface area contributed by atoms with Crippen molar-refractivity contribution in [3.8, 4) is 40.1 Å². The number of rotatable bonds is 6. The van der Waals surface area contributed by atoms with E-state index >= 15 is 0 Å². The zero-order chi connectivity index (χ0) is 31.3. The molecule has 2 aromatic carbocycles. The highest BCUT2D eigenvalue weighted by Crippen LogP contribution is 2.39. The fourth-order valence-electron chi connectivity index (χ4n) is 4.84. The smallest absolute Gasteiger partial charge is 0.239 e. The lowest BCUT2D eigenvalue weighted by atomic mass is 9.98. The van der Waals surface area contributed by atoms with Gasteiger partial charge in [-0.3, -0.25) is 4.79 Å². The van der Waals surface area contributed by atoms with Crippen molar-refractivity contribution in [3.63, 3.8) is 0 Å².